The minimum Gasteiger partial charge on any atom is -0.352 e. The van der Waals surface area contributed by atoms with Crippen LogP contribution >= 0.6 is 39.1 Å². The Morgan fingerprint density at radius 2 is 1.74 bits per heavy atom. The van der Waals surface area contributed by atoms with Crippen molar-refractivity contribution in [2.24, 2.45) is 0 Å². The van der Waals surface area contributed by atoms with Gasteiger partial charge in [0.15, 0.2) is 0 Å². The molecule has 1 unspecified atom stereocenters. The van der Waals surface area contributed by atoms with Crippen molar-refractivity contribution in [1.82, 2.24) is 10.2 Å². The molecule has 1 fully saturated rings. The van der Waals surface area contributed by atoms with Gasteiger partial charge in [0.25, 0.3) is 0 Å². The first-order valence-electron chi connectivity index (χ1n) is 12.7. The molecule has 1 atom stereocenters. The maximum absolute atomic E-state index is 13.5. The molecule has 11 heteroatoms. The third-order valence-electron chi connectivity index (χ3n) is 6.71. The highest BCUT2D eigenvalue weighted by atomic mass is 79.9. The molecule has 1 aliphatic rings. The highest BCUT2D eigenvalue weighted by Crippen LogP contribution is 2.31. The van der Waals surface area contributed by atoms with Crippen LogP contribution in [0.15, 0.2) is 46.9 Å². The lowest BCUT2D eigenvalue weighted by Crippen LogP contribution is -2.50. The number of carbonyl (C=O) groups is 2. The lowest BCUT2D eigenvalue weighted by molar-refractivity contribution is -0.141. The van der Waals surface area contributed by atoms with E-state index in [0.717, 1.165) is 46.3 Å². The van der Waals surface area contributed by atoms with Crippen molar-refractivity contribution in [3.8, 4) is 0 Å². The zero-order chi connectivity index (χ0) is 27.9. The number of rotatable bonds is 11. The van der Waals surface area contributed by atoms with Crippen molar-refractivity contribution in [2.75, 3.05) is 17.1 Å². The van der Waals surface area contributed by atoms with Crippen LogP contribution in [0.2, 0.25) is 10.0 Å². The van der Waals surface area contributed by atoms with Crippen molar-refractivity contribution in [1.29, 1.82) is 0 Å². The highest BCUT2D eigenvalue weighted by molar-refractivity contribution is 9.10. The second-order valence-electron chi connectivity index (χ2n) is 9.70. The van der Waals surface area contributed by atoms with E-state index in [1.807, 2.05) is 24.3 Å². The van der Waals surface area contributed by atoms with E-state index >= 15 is 0 Å². The number of anilines is 1. The summed E-state index contributed by atoms with van der Waals surface area (Å²) >= 11 is 15.8. The number of sulfonamides is 1. The molecule has 3 rings (SSSR count). The van der Waals surface area contributed by atoms with Crippen LogP contribution in [0.1, 0.15) is 57.4 Å². The first-order chi connectivity index (χ1) is 18.0. The van der Waals surface area contributed by atoms with Crippen LogP contribution in [0, 0.1) is 0 Å². The number of halogens is 3. The van der Waals surface area contributed by atoms with Crippen molar-refractivity contribution < 1.29 is 18.0 Å². The number of carbonyl (C=O) groups excluding carboxylic acids is 2. The van der Waals surface area contributed by atoms with Crippen molar-refractivity contribution in [3.63, 3.8) is 0 Å². The zero-order valence-corrected chi connectivity index (χ0v) is 25.5. The van der Waals surface area contributed by atoms with Gasteiger partial charge in [-0.05, 0) is 62.1 Å². The van der Waals surface area contributed by atoms with Gasteiger partial charge in [-0.3, -0.25) is 13.9 Å². The van der Waals surface area contributed by atoms with Crippen LogP contribution in [-0.2, 0) is 26.2 Å². The van der Waals surface area contributed by atoms with Gasteiger partial charge in [-0.1, -0.05) is 70.5 Å². The molecular weight excluding hydrogens is 613 g/mol. The van der Waals surface area contributed by atoms with Gasteiger partial charge in [-0.15, -0.1) is 0 Å². The van der Waals surface area contributed by atoms with Crippen LogP contribution < -0.4 is 9.62 Å². The zero-order valence-electron chi connectivity index (χ0n) is 21.6. The molecule has 1 N–H and O–H groups in total. The van der Waals surface area contributed by atoms with Crippen molar-refractivity contribution in [2.45, 2.75) is 70.5 Å². The van der Waals surface area contributed by atoms with Crippen LogP contribution in [0.5, 0.6) is 0 Å². The molecular formula is C27H34BrCl2N3O4S. The van der Waals surface area contributed by atoms with E-state index in [-0.39, 0.29) is 54.5 Å². The second kappa shape index (κ2) is 14.0. The Hall–Kier alpha value is -1.81. The van der Waals surface area contributed by atoms with E-state index in [9.17, 15) is 18.0 Å². The van der Waals surface area contributed by atoms with E-state index in [1.165, 1.54) is 18.6 Å². The second-order valence-corrected chi connectivity index (χ2v) is 13.4. The Kier molecular flexibility index (Phi) is 11.3. The number of amides is 2. The molecule has 1 aliphatic carbocycles. The smallest absolute Gasteiger partial charge is 0.242 e. The molecule has 0 aliphatic heterocycles. The molecule has 208 valence electrons. The van der Waals surface area contributed by atoms with Crippen LogP contribution in [0.4, 0.5) is 5.69 Å². The fourth-order valence-electron chi connectivity index (χ4n) is 4.60. The minimum atomic E-state index is -3.68. The summed E-state index contributed by atoms with van der Waals surface area (Å²) in [6, 6.07) is 11.7. The molecule has 1 saturated carbocycles. The number of hydrogen-bond donors (Lipinski definition) is 1. The van der Waals surface area contributed by atoms with Gasteiger partial charge < -0.3 is 10.2 Å². The van der Waals surface area contributed by atoms with Gasteiger partial charge in [0.1, 0.15) is 6.04 Å². The molecule has 0 spiro atoms. The SMILES string of the molecule is CC(C(=O)NC1CCCCC1)N(Cc1ccc(Br)cc1)C(=O)CCCN(c1cc(Cl)ccc1Cl)S(C)(=O)=O. The topological polar surface area (TPSA) is 86.8 Å². The summed E-state index contributed by atoms with van der Waals surface area (Å²) in [5.41, 5.74) is 1.16. The Balaban J connectivity index is 1.73. The van der Waals surface area contributed by atoms with Gasteiger partial charge in [0.05, 0.1) is 17.0 Å². The average molecular weight is 647 g/mol. The fourth-order valence-corrected chi connectivity index (χ4v) is 6.27. The fraction of sp³-hybridized carbons (Fsp3) is 0.481. The normalized spacial score (nSPS) is 15.1. The molecule has 0 saturated heterocycles. The molecule has 2 aromatic rings. The van der Waals surface area contributed by atoms with E-state index < -0.39 is 16.1 Å². The largest absolute Gasteiger partial charge is 0.352 e. The summed E-state index contributed by atoms with van der Waals surface area (Å²) in [4.78, 5) is 28.2. The van der Waals surface area contributed by atoms with Gasteiger partial charge in [0, 0.05) is 35.0 Å². The van der Waals surface area contributed by atoms with Gasteiger partial charge in [-0.2, -0.15) is 0 Å². The maximum Gasteiger partial charge on any atom is 0.242 e. The summed E-state index contributed by atoms with van der Waals surface area (Å²) in [6.45, 7) is 2.05. The summed E-state index contributed by atoms with van der Waals surface area (Å²) in [6.07, 6.45) is 6.65. The van der Waals surface area contributed by atoms with Crippen LogP contribution in [-0.4, -0.2) is 50.0 Å². The molecule has 38 heavy (non-hydrogen) atoms. The number of hydrogen-bond acceptors (Lipinski definition) is 4. The van der Waals surface area contributed by atoms with Gasteiger partial charge in [-0.25, -0.2) is 8.42 Å². The minimum absolute atomic E-state index is 0.0411. The summed E-state index contributed by atoms with van der Waals surface area (Å²) in [5, 5.41) is 3.72. The Morgan fingerprint density at radius 3 is 2.37 bits per heavy atom. The van der Waals surface area contributed by atoms with E-state index in [0.29, 0.717) is 5.02 Å². The third kappa shape index (κ3) is 8.86. The Morgan fingerprint density at radius 1 is 1.08 bits per heavy atom. The van der Waals surface area contributed by atoms with Crippen LogP contribution in [0.25, 0.3) is 0 Å². The average Bonchev–Trinajstić information content (AvgIpc) is 2.87. The number of benzene rings is 2. The third-order valence-corrected chi connectivity index (χ3v) is 8.98. The van der Waals surface area contributed by atoms with E-state index in [4.69, 9.17) is 23.2 Å². The standard InChI is InChI=1S/C27H34BrCl2N3O4S/c1-19(27(35)31-23-7-4-3-5-8-23)32(18-20-10-12-21(28)13-11-20)26(34)9-6-16-33(38(2,36)37)25-17-22(29)14-15-24(25)30/h10-15,17,19,23H,3-9,16,18H2,1-2H3,(H,31,35). The summed E-state index contributed by atoms with van der Waals surface area (Å²) < 4.78 is 27.1. The Bertz CT molecular complexity index is 1220. The van der Waals surface area contributed by atoms with Crippen molar-refractivity contribution in [3.05, 3.63) is 62.5 Å². The predicted octanol–water partition coefficient (Wildman–Crippen LogP) is 6.17. The van der Waals surface area contributed by atoms with Gasteiger partial charge >= 0.3 is 0 Å². The lowest BCUT2D eigenvalue weighted by atomic mass is 9.95. The summed E-state index contributed by atoms with van der Waals surface area (Å²) in [5.74, 6) is -0.407. The quantitative estimate of drug-likeness (QED) is 0.316. The van der Waals surface area contributed by atoms with E-state index in [1.54, 1.807) is 17.9 Å². The first kappa shape index (κ1) is 30.7. The monoisotopic (exact) mass is 645 g/mol. The molecule has 2 aromatic carbocycles. The maximum atomic E-state index is 13.5. The highest BCUT2D eigenvalue weighted by Gasteiger charge is 2.28. The number of nitrogens with zero attached hydrogens (tertiary/aromatic N) is 2. The lowest BCUT2D eigenvalue weighted by Gasteiger charge is -2.31. The van der Waals surface area contributed by atoms with Gasteiger partial charge in [0.2, 0.25) is 21.8 Å². The van der Waals surface area contributed by atoms with E-state index in [2.05, 4.69) is 21.2 Å². The molecule has 0 radical (unpaired) electrons. The Labute approximate surface area is 244 Å². The first-order valence-corrected chi connectivity index (χ1v) is 16.1. The number of nitrogens with one attached hydrogen (secondary N) is 1. The molecule has 2 amide bonds. The molecule has 7 nitrogen and oxygen atoms in total. The van der Waals surface area contributed by atoms with Crippen molar-refractivity contribution >= 4 is 66.7 Å². The molecule has 0 aromatic heterocycles. The van der Waals surface area contributed by atoms with Crippen LogP contribution in [0.3, 0.4) is 0 Å². The molecule has 0 bridgehead atoms. The predicted molar refractivity (Wildman–Crippen MR) is 157 cm³/mol. The summed E-state index contributed by atoms with van der Waals surface area (Å²) in [7, 11) is -3.68. The molecule has 0 heterocycles.